The molecule has 0 aromatic rings. The highest BCUT2D eigenvalue weighted by Crippen LogP contribution is 2.30. The highest BCUT2D eigenvalue weighted by atomic mass is 15.1. The summed E-state index contributed by atoms with van der Waals surface area (Å²) in [6.07, 6.45) is 1.38. The second-order valence-electron chi connectivity index (χ2n) is 4.43. The van der Waals surface area contributed by atoms with Gasteiger partial charge >= 0.3 is 0 Å². The van der Waals surface area contributed by atoms with E-state index >= 15 is 0 Å². The van der Waals surface area contributed by atoms with Crippen LogP contribution < -0.4 is 5.32 Å². The molecule has 0 saturated carbocycles. The summed E-state index contributed by atoms with van der Waals surface area (Å²) in [5.74, 6) is 1.76. The van der Waals surface area contributed by atoms with Gasteiger partial charge in [-0.1, -0.05) is 13.8 Å². The molecule has 10 heavy (non-hydrogen) atoms. The number of hydrogen-bond acceptors (Lipinski definition) is 1. The molecule has 0 radical (unpaired) electrons. The summed E-state index contributed by atoms with van der Waals surface area (Å²) in [4.78, 5) is 0. The van der Waals surface area contributed by atoms with Gasteiger partial charge in [-0.3, -0.25) is 0 Å². The second kappa shape index (κ2) is 2.54. The van der Waals surface area contributed by atoms with Crippen molar-refractivity contribution >= 4 is 0 Å². The van der Waals surface area contributed by atoms with Gasteiger partial charge in [0.1, 0.15) is 0 Å². The minimum Gasteiger partial charge on any atom is -0.311 e. The summed E-state index contributed by atoms with van der Waals surface area (Å²) in [6.45, 7) is 10.4. The van der Waals surface area contributed by atoms with Crippen molar-refractivity contribution in [2.24, 2.45) is 11.8 Å². The Hall–Kier alpha value is -0.0400. The van der Waals surface area contributed by atoms with Crippen molar-refractivity contribution in [1.29, 1.82) is 0 Å². The van der Waals surface area contributed by atoms with E-state index < -0.39 is 0 Å². The molecule has 1 atom stereocenters. The normalized spacial score (nSPS) is 30.3. The zero-order valence-corrected chi connectivity index (χ0v) is 7.57. The van der Waals surface area contributed by atoms with E-state index in [-0.39, 0.29) is 0 Å². The van der Waals surface area contributed by atoms with Crippen LogP contribution in [0.25, 0.3) is 0 Å². The SMILES string of the molecule is CC(C)CC1CNC1(C)C. The van der Waals surface area contributed by atoms with Crippen LogP contribution in [0.2, 0.25) is 0 Å². The molecule has 1 aliphatic rings. The molecule has 1 aliphatic heterocycles. The maximum absolute atomic E-state index is 3.44. The molecule has 1 saturated heterocycles. The van der Waals surface area contributed by atoms with Crippen LogP contribution in [-0.2, 0) is 0 Å². The molecule has 1 nitrogen and oxygen atoms in total. The summed E-state index contributed by atoms with van der Waals surface area (Å²) in [5, 5.41) is 3.44. The van der Waals surface area contributed by atoms with Crippen molar-refractivity contribution in [3.8, 4) is 0 Å². The topological polar surface area (TPSA) is 12.0 Å². The first-order valence-corrected chi connectivity index (χ1v) is 4.27. The lowest BCUT2D eigenvalue weighted by Crippen LogP contribution is -2.61. The Morgan fingerprint density at radius 1 is 1.50 bits per heavy atom. The number of hydrogen-bond donors (Lipinski definition) is 1. The summed E-state index contributed by atoms with van der Waals surface area (Å²) in [6, 6.07) is 0. The third kappa shape index (κ3) is 1.51. The number of rotatable bonds is 2. The highest BCUT2D eigenvalue weighted by Gasteiger charge is 2.37. The van der Waals surface area contributed by atoms with Gasteiger partial charge < -0.3 is 5.32 Å². The predicted octanol–water partition coefficient (Wildman–Crippen LogP) is 2.03. The molecule has 0 aromatic heterocycles. The molecule has 0 aromatic carbocycles. The first kappa shape index (κ1) is 8.06. The van der Waals surface area contributed by atoms with Gasteiger partial charge in [-0.2, -0.15) is 0 Å². The fourth-order valence-corrected chi connectivity index (χ4v) is 1.60. The Balaban J connectivity index is 2.30. The molecule has 1 fully saturated rings. The lowest BCUT2D eigenvalue weighted by Gasteiger charge is -2.47. The zero-order chi connectivity index (χ0) is 7.78. The van der Waals surface area contributed by atoms with Crippen LogP contribution in [0.3, 0.4) is 0 Å². The van der Waals surface area contributed by atoms with Crippen LogP contribution in [0, 0.1) is 11.8 Å². The van der Waals surface area contributed by atoms with E-state index in [1.165, 1.54) is 13.0 Å². The van der Waals surface area contributed by atoms with Gasteiger partial charge in [0.2, 0.25) is 0 Å². The summed E-state index contributed by atoms with van der Waals surface area (Å²) >= 11 is 0. The fourth-order valence-electron chi connectivity index (χ4n) is 1.60. The van der Waals surface area contributed by atoms with E-state index in [0.29, 0.717) is 5.54 Å². The summed E-state index contributed by atoms with van der Waals surface area (Å²) in [7, 11) is 0. The highest BCUT2D eigenvalue weighted by molar-refractivity contribution is 4.96. The van der Waals surface area contributed by atoms with Gasteiger partial charge in [0, 0.05) is 12.1 Å². The van der Waals surface area contributed by atoms with Crippen LogP contribution in [-0.4, -0.2) is 12.1 Å². The van der Waals surface area contributed by atoms with Gasteiger partial charge in [0.05, 0.1) is 0 Å². The molecule has 60 valence electrons. The Morgan fingerprint density at radius 2 is 2.10 bits per heavy atom. The molecular weight excluding hydrogens is 122 g/mol. The van der Waals surface area contributed by atoms with Gasteiger partial charge in [-0.05, 0) is 32.1 Å². The molecule has 1 unspecified atom stereocenters. The smallest absolute Gasteiger partial charge is 0.0165 e. The Bertz CT molecular complexity index is 116. The molecule has 0 bridgehead atoms. The molecule has 1 heterocycles. The molecule has 0 amide bonds. The predicted molar refractivity (Wildman–Crippen MR) is 45.0 cm³/mol. The van der Waals surface area contributed by atoms with E-state index in [1.807, 2.05) is 0 Å². The van der Waals surface area contributed by atoms with E-state index in [9.17, 15) is 0 Å². The fraction of sp³-hybridized carbons (Fsp3) is 1.00. The molecule has 1 heteroatoms. The monoisotopic (exact) mass is 141 g/mol. The standard InChI is InChI=1S/C9H19N/c1-7(2)5-8-6-10-9(8,3)4/h7-8,10H,5-6H2,1-4H3. The van der Waals surface area contributed by atoms with E-state index in [4.69, 9.17) is 0 Å². The van der Waals surface area contributed by atoms with Crippen molar-refractivity contribution in [3.05, 3.63) is 0 Å². The van der Waals surface area contributed by atoms with Gasteiger partial charge in [0.15, 0.2) is 0 Å². The van der Waals surface area contributed by atoms with Crippen LogP contribution in [0.5, 0.6) is 0 Å². The van der Waals surface area contributed by atoms with Gasteiger partial charge in [0.25, 0.3) is 0 Å². The first-order chi connectivity index (χ1) is 4.52. The van der Waals surface area contributed by atoms with Crippen molar-refractivity contribution < 1.29 is 0 Å². The van der Waals surface area contributed by atoms with Crippen LogP contribution in [0.15, 0.2) is 0 Å². The van der Waals surface area contributed by atoms with Crippen molar-refractivity contribution in [2.45, 2.75) is 39.7 Å². The largest absolute Gasteiger partial charge is 0.311 e. The quantitative estimate of drug-likeness (QED) is 0.620. The second-order valence-corrected chi connectivity index (χ2v) is 4.43. The third-order valence-corrected chi connectivity index (χ3v) is 2.58. The Labute approximate surface area is 64.2 Å². The lowest BCUT2D eigenvalue weighted by atomic mass is 9.75. The minimum atomic E-state index is 0.421. The van der Waals surface area contributed by atoms with E-state index in [1.54, 1.807) is 0 Å². The average Bonchev–Trinajstić information content (AvgIpc) is 1.81. The first-order valence-electron chi connectivity index (χ1n) is 4.27. The molecule has 0 spiro atoms. The van der Waals surface area contributed by atoms with Gasteiger partial charge in [-0.25, -0.2) is 0 Å². The van der Waals surface area contributed by atoms with Gasteiger partial charge in [-0.15, -0.1) is 0 Å². The maximum Gasteiger partial charge on any atom is 0.0165 e. The average molecular weight is 141 g/mol. The molecule has 1 N–H and O–H groups in total. The molecule has 1 rings (SSSR count). The summed E-state index contributed by atoms with van der Waals surface area (Å²) < 4.78 is 0. The molecule has 0 aliphatic carbocycles. The van der Waals surface area contributed by atoms with Crippen molar-refractivity contribution in [2.75, 3.05) is 6.54 Å². The third-order valence-electron chi connectivity index (χ3n) is 2.58. The van der Waals surface area contributed by atoms with Crippen molar-refractivity contribution in [1.82, 2.24) is 5.32 Å². The van der Waals surface area contributed by atoms with Crippen molar-refractivity contribution in [3.63, 3.8) is 0 Å². The Morgan fingerprint density at radius 3 is 2.20 bits per heavy atom. The van der Waals surface area contributed by atoms with Crippen LogP contribution in [0.4, 0.5) is 0 Å². The minimum absolute atomic E-state index is 0.421. The Kier molecular flexibility index (Phi) is 2.04. The summed E-state index contributed by atoms with van der Waals surface area (Å²) in [5.41, 5.74) is 0.421. The number of nitrogens with one attached hydrogen (secondary N) is 1. The lowest BCUT2D eigenvalue weighted by molar-refractivity contribution is 0.116. The van der Waals surface area contributed by atoms with Crippen LogP contribution >= 0.6 is 0 Å². The maximum atomic E-state index is 3.44. The van der Waals surface area contributed by atoms with Crippen LogP contribution in [0.1, 0.15) is 34.1 Å². The zero-order valence-electron chi connectivity index (χ0n) is 7.57. The van der Waals surface area contributed by atoms with E-state index in [0.717, 1.165) is 11.8 Å². The van der Waals surface area contributed by atoms with E-state index in [2.05, 4.69) is 33.0 Å². The molecular formula is C9H19N.